The molecule has 1 atom stereocenters. The van der Waals surface area contributed by atoms with Gasteiger partial charge in [-0.05, 0) is 24.6 Å². The Hall–Kier alpha value is -2.57. The number of carbonyl (C=O) groups excluding carboxylic acids is 2. The van der Waals surface area contributed by atoms with Gasteiger partial charge in [0.2, 0.25) is 5.91 Å². The van der Waals surface area contributed by atoms with Crippen molar-refractivity contribution in [2.45, 2.75) is 19.4 Å². The van der Waals surface area contributed by atoms with Crippen LogP contribution in [0.3, 0.4) is 0 Å². The lowest BCUT2D eigenvalue weighted by atomic mass is 10.1. The molecule has 1 aromatic rings. The molecule has 20 heavy (non-hydrogen) atoms. The van der Waals surface area contributed by atoms with Gasteiger partial charge in [0, 0.05) is 18.7 Å². The van der Waals surface area contributed by atoms with E-state index in [1.165, 1.54) is 12.1 Å². The number of aromatic carboxylic acids is 1. The fourth-order valence-electron chi connectivity index (χ4n) is 1.94. The van der Waals surface area contributed by atoms with E-state index in [1.807, 2.05) is 0 Å². The van der Waals surface area contributed by atoms with Crippen LogP contribution in [0.2, 0.25) is 0 Å². The van der Waals surface area contributed by atoms with E-state index in [-0.39, 0.29) is 23.9 Å². The number of nitrogens with one attached hydrogen (secondary N) is 3. The summed E-state index contributed by atoms with van der Waals surface area (Å²) in [4.78, 5) is 33.7. The van der Waals surface area contributed by atoms with Crippen LogP contribution in [0, 0.1) is 6.92 Å². The van der Waals surface area contributed by atoms with Gasteiger partial charge < -0.3 is 21.1 Å². The van der Waals surface area contributed by atoms with Gasteiger partial charge in [0.05, 0.1) is 11.6 Å². The monoisotopic (exact) mass is 277 g/mol. The SMILES string of the molecule is Cc1ccc(C(=O)O)cc1NC(=O)NC1CNC(=O)C1. The third-order valence-corrected chi connectivity index (χ3v) is 3.05. The van der Waals surface area contributed by atoms with Crippen molar-refractivity contribution in [2.75, 3.05) is 11.9 Å². The fraction of sp³-hybridized carbons (Fsp3) is 0.308. The Morgan fingerprint density at radius 3 is 2.75 bits per heavy atom. The highest BCUT2D eigenvalue weighted by Crippen LogP contribution is 2.17. The molecule has 7 heteroatoms. The Kier molecular flexibility index (Phi) is 3.88. The zero-order valence-electron chi connectivity index (χ0n) is 10.9. The molecular formula is C13H15N3O4. The average molecular weight is 277 g/mol. The summed E-state index contributed by atoms with van der Waals surface area (Å²) in [6.07, 6.45) is 0.252. The Labute approximate surface area is 115 Å². The molecule has 0 spiro atoms. The highest BCUT2D eigenvalue weighted by molar-refractivity contribution is 5.94. The minimum atomic E-state index is -1.06. The average Bonchev–Trinajstić information content (AvgIpc) is 2.77. The van der Waals surface area contributed by atoms with E-state index in [0.29, 0.717) is 12.2 Å². The highest BCUT2D eigenvalue weighted by Gasteiger charge is 2.23. The van der Waals surface area contributed by atoms with Gasteiger partial charge in [0.15, 0.2) is 0 Å². The van der Waals surface area contributed by atoms with Gasteiger partial charge in [-0.2, -0.15) is 0 Å². The van der Waals surface area contributed by atoms with Crippen LogP contribution >= 0.6 is 0 Å². The summed E-state index contributed by atoms with van der Waals surface area (Å²) >= 11 is 0. The highest BCUT2D eigenvalue weighted by atomic mass is 16.4. The Morgan fingerprint density at radius 2 is 2.15 bits per heavy atom. The lowest BCUT2D eigenvalue weighted by molar-refractivity contribution is -0.119. The van der Waals surface area contributed by atoms with Crippen molar-refractivity contribution in [3.8, 4) is 0 Å². The second kappa shape index (κ2) is 5.60. The van der Waals surface area contributed by atoms with Gasteiger partial charge >= 0.3 is 12.0 Å². The topological polar surface area (TPSA) is 108 Å². The first kappa shape index (κ1) is 13.9. The standard InChI is InChI=1S/C13H15N3O4/c1-7-2-3-8(12(18)19)4-10(7)16-13(20)15-9-5-11(17)14-6-9/h2-4,9H,5-6H2,1H3,(H,14,17)(H,18,19)(H2,15,16,20). The van der Waals surface area contributed by atoms with E-state index in [9.17, 15) is 14.4 Å². The molecule has 1 unspecified atom stereocenters. The fourth-order valence-corrected chi connectivity index (χ4v) is 1.94. The maximum absolute atomic E-state index is 11.8. The number of carbonyl (C=O) groups is 3. The van der Waals surface area contributed by atoms with Gasteiger partial charge in [-0.25, -0.2) is 9.59 Å². The lowest BCUT2D eigenvalue weighted by Gasteiger charge is -2.13. The molecule has 1 fully saturated rings. The minimum Gasteiger partial charge on any atom is -0.478 e. The zero-order chi connectivity index (χ0) is 14.7. The van der Waals surface area contributed by atoms with Crippen molar-refractivity contribution >= 4 is 23.6 Å². The summed E-state index contributed by atoms with van der Waals surface area (Å²) in [7, 11) is 0. The number of hydrogen-bond donors (Lipinski definition) is 4. The summed E-state index contributed by atoms with van der Waals surface area (Å²) < 4.78 is 0. The first-order chi connectivity index (χ1) is 9.45. The molecule has 1 aliphatic rings. The Balaban J connectivity index is 2.02. The molecule has 1 heterocycles. The second-order valence-corrected chi connectivity index (χ2v) is 4.64. The van der Waals surface area contributed by atoms with E-state index in [1.54, 1.807) is 13.0 Å². The molecule has 1 aromatic carbocycles. The van der Waals surface area contributed by atoms with Crippen LogP contribution in [-0.4, -0.2) is 35.6 Å². The number of urea groups is 1. The number of carboxylic acid groups (broad SMARTS) is 1. The summed E-state index contributed by atoms with van der Waals surface area (Å²) in [6.45, 7) is 2.17. The number of rotatable bonds is 3. The van der Waals surface area contributed by atoms with Crippen molar-refractivity contribution in [1.29, 1.82) is 0 Å². The zero-order valence-corrected chi connectivity index (χ0v) is 10.9. The quantitative estimate of drug-likeness (QED) is 0.652. The Morgan fingerprint density at radius 1 is 1.40 bits per heavy atom. The third-order valence-electron chi connectivity index (χ3n) is 3.05. The summed E-state index contributed by atoms with van der Waals surface area (Å²) in [6, 6.07) is 3.79. The number of benzene rings is 1. The van der Waals surface area contributed by atoms with Crippen molar-refractivity contribution in [2.24, 2.45) is 0 Å². The molecule has 0 saturated carbocycles. The van der Waals surface area contributed by atoms with Crippen LogP contribution in [0.25, 0.3) is 0 Å². The molecule has 3 amide bonds. The number of aryl methyl sites for hydroxylation is 1. The summed E-state index contributed by atoms with van der Waals surface area (Å²) in [5, 5.41) is 16.8. The summed E-state index contributed by atoms with van der Waals surface area (Å²) in [5.74, 6) is -1.15. The minimum absolute atomic E-state index is 0.0978. The number of amides is 3. The predicted molar refractivity (Wildman–Crippen MR) is 71.7 cm³/mol. The van der Waals surface area contributed by atoms with E-state index in [0.717, 1.165) is 5.56 Å². The number of hydrogen-bond acceptors (Lipinski definition) is 3. The number of carboxylic acids is 1. The molecule has 7 nitrogen and oxygen atoms in total. The molecule has 0 aliphatic carbocycles. The molecule has 106 valence electrons. The Bertz CT molecular complexity index is 571. The van der Waals surface area contributed by atoms with Crippen molar-refractivity contribution in [3.05, 3.63) is 29.3 Å². The van der Waals surface area contributed by atoms with Crippen LogP contribution in [0.4, 0.5) is 10.5 Å². The van der Waals surface area contributed by atoms with E-state index in [4.69, 9.17) is 5.11 Å². The number of anilines is 1. The summed E-state index contributed by atoms with van der Waals surface area (Å²) in [5.41, 5.74) is 1.29. The van der Waals surface area contributed by atoms with Crippen LogP contribution in [0.1, 0.15) is 22.3 Å². The van der Waals surface area contributed by atoms with Gasteiger partial charge in [0.1, 0.15) is 0 Å². The maximum Gasteiger partial charge on any atom is 0.335 e. The van der Waals surface area contributed by atoms with Crippen LogP contribution in [0.15, 0.2) is 18.2 Å². The molecule has 2 rings (SSSR count). The predicted octanol–water partition coefficient (Wildman–Crippen LogP) is 0.703. The first-order valence-electron chi connectivity index (χ1n) is 6.14. The normalized spacial score (nSPS) is 17.4. The van der Waals surface area contributed by atoms with E-state index >= 15 is 0 Å². The molecule has 4 N–H and O–H groups in total. The van der Waals surface area contributed by atoms with Gasteiger partial charge in [-0.15, -0.1) is 0 Å². The smallest absolute Gasteiger partial charge is 0.335 e. The van der Waals surface area contributed by atoms with Gasteiger partial charge in [0.25, 0.3) is 0 Å². The largest absolute Gasteiger partial charge is 0.478 e. The van der Waals surface area contributed by atoms with Crippen molar-refractivity contribution < 1.29 is 19.5 Å². The van der Waals surface area contributed by atoms with Crippen LogP contribution in [-0.2, 0) is 4.79 Å². The molecule has 0 radical (unpaired) electrons. The van der Waals surface area contributed by atoms with Crippen LogP contribution in [0.5, 0.6) is 0 Å². The van der Waals surface area contributed by atoms with Crippen molar-refractivity contribution in [1.82, 2.24) is 10.6 Å². The molecule has 0 bridgehead atoms. The third kappa shape index (κ3) is 3.25. The van der Waals surface area contributed by atoms with E-state index in [2.05, 4.69) is 16.0 Å². The van der Waals surface area contributed by atoms with Gasteiger partial charge in [-0.3, -0.25) is 4.79 Å². The van der Waals surface area contributed by atoms with Crippen molar-refractivity contribution in [3.63, 3.8) is 0 Å². The lowest BCUT2D eigenvalue weighted by Crippen LogP contribution is -2.39. The molecule has 1 aliphatic heterocycles. The van der Waals surface area contributed by atoms with Gasteiger partial charge in [-0.1, -0.05) is 6.07 Å². The molecule has 0 aromatic heterocycles. The maximum atomic E-state index is 11.8. The molecule has 1 saturated heterocycles. The first-order valence-corrected chi connectivity index (χ1v) is 6.14. The van der Waals surface area contributed by atoms with E-state index < -0.39 is 12.0 Å². The second-order valence-electron chi connectivity index (χ2n) is 4.64. The molecular weight excluding hydrogens is 262 g/mol. The van der Waals surface area contributed by atoms with Crippen LogP contribution < -0.4 is 16.0 Å².